The molecule has 2 N–H and O–H groups in total. The first-order valence-corrected chi connectivity index (χ1v) is 7.36. The summed E-state index contributed by atoms with van der Waals surface area (Å²) in [4.78, 5) is 4.22. The molecule has 2 rings (SSSR count). The molecule has 4 nitrogen and oxygen atoms in total. The monoisotopic (exact) mass is 403 g/mol. The molecule has 21 heavy (non-hydrogen) atoms. The molecule has 5 heteroatoms. The highest BCUT2D eigenvalue weighted by atomic mass is 127. The highest BCUT2D eigenvalue weighted by molar-refractivity contribution is 14.0. The molecule has 1 aromatic carbocycles. The number of aliphatic imine (C=N–C) groups is 1. The average Bonchev–Trinajstić information content (AvgIpc) is 3.27. The summed E-state index contributed by atoms with van der Waals surface area (Å²) in [5.41, 5.74) is 2.59. The largest absolute Gasteiger partial charge is 0.379 e. The molecule has 1 aliphatic carbocycles. The van der Waals surface area contributed by atoms with Crippen LogP contribution in [-0.4, -0.2) is 32.8 Å². The fourth-order valence-corrected chi connectivity index (χ4v) is 1.98. The number of aryl methyl sites for hydroxylation is 1. The standard InChI is InChI=1S/C16H25N3O.HI/c1-13-5-3-4-6-15(13)11-19-16(17-2)18-9-10-20-12-14-7-8-14;/h3-6,14H,7-12H2,1-2H3,(H2,17,18,19);1H. The molecule has 118 valence electrons. The third-order valence-electron chi connectivity index (χ3n) is 3.52. The highest BCUT2D eigenvalue weighted by Gasteiger charge is 2.20. The van der Waals surface area contributed by atoms with Crippen molar-refractivity contribution in [3.63, 3.8) is 0 Å². The number of halogens is 1. The van der Waals surface area contributed by atoms with Gasteiger partial charge in [0, 0.05) is 26.7 Å². The van der Waals surface area contributed by atoms with E-state index in [1.54, 1.807) is 7.05 Å². The Morgan fingerprint density at radius 3 is 2.71 bits per heavy atom. The van der Waals surface area contributed by atoms with Gasteiger partial charge < -0.3 is 15.4 Å². The second-order valence-electron chi connectivity index (χ2n) is 5.30. The lowest BCUT2D eigenvalue weighted by Gasteiger charge is -2.13. The van der Waals surface area contributed by atoms with Crippen LogP contribution < -0.4 is 10.6 Å². The molecule has 0 radical (unpaired) electrons. The van der Waals surface area contributed by atoms with Gasteiger partial charge in [0.15, 0.2) is 5.96 Å². The van der Waals surface area contributed by atoms with E-state index >= 15 is 0 Å². The number of nitrogens with one attached hydrogen (secondary N) is 2. The van der Waals surface area contributed by atoms with Crippen LogP contribution in [0.15, 0.2) is 29.3 Å². The van der Waals surface area contributed by atoms with E-state index in [0.717, 1.165) is 38.2 Å². The lowest BCUT2D eigenvalue weighted by atomic mass is 10.1. The van der Waals surface area contributed by atoms with Crippen molar-refractivity contribution in [3.05, 3.63) is 35.4 Å². The van der Waals surface area contributed by atoms with Crippen molar-refractivity contribution in [2.75, 3.05) is 26.8 Å². The predicted molar refractivity (Wildman–Crippen MR) is 98.3 cm³/mol. The van der Waals surface area contributed by atoms with Crippen molar-refractivity contribution in [3.8, 4) is 0 Å². The van der Waals surface area contributed by atoms with Crippen LogP contribution >= 0.6 is 24.0 Å². The van der Waals surface area contributed by atoms with Gasteiger partial charge in [0.2, 0.25) is 0 Å². The normalized spacial score (nSPS) is 14.5. The van der Waals surface area contributed by atoms with E-state index in [-0.39, 0.29) is 24.0 Å². The topological polar surface area (TPSA) is 45.7 Å². The van der Waals surface area contributed by atoms with Crippen molar-refractivity contribution >= 4 is 29.9 Å². The van der Waals surface area contributed by atoms with E-state index in [1.807, 2.05) is 0 Å². The highest BCUT2D eigenvalue weighted by Crippen LogP contribution is 2.28. The summed E-state index contributed by atoms with van der Waals surface area (Å²) in [6.07, 6.45) is 2.68. The maximum atomic E-state index is 5.59. The summed E-state index contributed by atoms with van der Waals surface area (Å²) in [5.74, 6) is 1.65. The molecule has 0 aliphatic heterocycles. The minimum atomic E-state index is 0. The number of hydrogen-bond donors (Lipinski definition) is 2. The molecule has 0 spiro atoms. The number of nitrogens with zero attached hydrogens (tertiary/aromatic N) is 1. The van der Waals surface area contributed by atoms with Gasteiger partial charge in [0.1, 0.15) is 0 Å². The Labute approximate surface area is 144 Å². The van der Waals surface area contributed by atoms with Gasteiger partial charge in [-0.25, -0.2) is 0 Å². The van der Waals surface area contributed by atoms with Crippen molar-refractivity contribution < 1.29 is 4.74 Å². The van der Waals surface area contributed by atoms with E-state index in [9.17, 15) is 0 Å². The van der Waals surface area contributed by atoms with Crippen LogP contribution in [-0.2, 0) is 11.3 Å². The molecule has 0 saturated heterocycles. The van der Waals surface area contributed by atoms with Gasteiger partial charge in [-0.2, -0.15) is 0 Å². The average molecular weight is 403 g/mol. The van der Waals surface area contributed by atoms with Crippen molar-refractivity contribution in [1.29, 1.82) is 0 Å². The zero-order valence-corrected chi connectivity index (χ0v) is 15.2. The molecule has 0 atom stereocenters. The third kappa shape index (κ3) is 7.13. The summed E-state index contributed by atoms with van der Waals surface area (Å²) >= 11 is 0. The fraction of sp³-hybridized carbons (Fsp3) is 0.562. The molecular formula is C16H26IN3O. The summed E-state index contributed by atoms with van der Waals surface area (Å²) in [7, 11) is 1.79. The molecule has 0 heterocycles. The van der Waals surface area contributed by atoms with Crippen molar-refractivity contribution in [2.45, 2.75) is 26.3 Å². The Kier molecular flexibility index (Phi) is 8.68. The first-order chi connectivity index (χ1) is 9.79. The van der Waals surface area contributed by atoms with Gasteiger partial charge in [-0.1, -0.05) is 24.3 Å². The summed E-state index contributed by atoms with van der Waals surface area (Å²) in [6.45, 7) is 5.35. The maximum Gasteiger partial charge on any atom is 0.191 e. The van der Waals surface area contributed by atoms with E-state index in [0.29, 0.717) is 0 Å². The Morgan fingerprint density at radius 2 is 2.05 bits per heavy atom. The first kappa shape index (κ1) is 18.2. The third-order valence-corrected chi connectivity index (χ3v) is 3.52. The van der Waals surface area contributed by atoms with Crippen LogP contribution in [0.5, 0.6) is 0 Å². The van der Waals surface area contributed by atoms with Crippen molar-refractivity contribution in [1.82, 2.24) is 10.6 Å². The Balaban J connectivity index is 0.00000220. The number of rotatable bonds is 7. The molecule has 0 unspecified atom stereocenters. The van der Waals surface area contributed by atoms with Gasteiger partial charge in [0.25, 0.3) is 0 Å². The van der Waals surface area contributed by atoms with Crippen LogP contribution in [0.4, 0.5) is 0 Å². The predicted octanol–water partition coefficient (Wildman–Crippen LogP) is 2.70. The van der Waals surface area contributed by atoms with Crippen LogP contribution in [0.2, 0.25) is 0 Å². The zero-order chi connectivity index (χ0) is 14.2. The van der Waals surface area contributed by atoms with Gasteiger partial charge in [0.05, 0.1) is 6.61 Å². The van der Waals surface area contributed by atoms with Crippen LogP contribution in [0.3, 0.4) is 0 Å². The lowest BCUT2D eigenvalue weighted by Crippen LogP contribution is -2.38. The number of ether oxygens (including phenoxy) is 1. The van der Waals surface area contributed by atoms with E-state index in [1.165, 1.54) is 24.0 Å². The first-order valence-electron chi connectivity index (χ1n) is 7.36. The molecule has 0 amide bonds. The SMILES string of the molecule is CN=C(NCCOCC1CC1)NCc1ccccc1C.I. The van der Waals surface area contributed by atoms with Crippen molar-refractivity contribution in [2.24, 2.45) is 10.9 Å². The van der Waals surface area contributed by atoms with Crippen LogP contribution in [0.25, 0.3) is 0 Å². The van der Waals surface area contributed by atoms with Gasteiger partial charge in [-0.15, -0.1) is 24.0 Å². The molecule has 1 saturated carbocycles. The quantitative estimate of drug-likeness (QED) is 0.319. The van der Waals surface area contributed by atoms with Gasteiger partial charge in [-0.05, 0) is 36.8 Å². The van der Waals surface area contributed by atoms with E-state index in [4.69, 9.17) is 4.74 Å². The minimum absolute atomic E-state index is 0. The number of hydrogen-bond acceptors (Lipinski definition) is 2. The summed E-state index contributed by atoms with van der Waals surface area (Å²) in [5, 5.41) is 6.59. The molecular weight excluding hydrogens is 377 g/mol. The van der Waals surface area contributed by atoms with Crippen LogP contribution in [0.1, 0.15) is 24.0 Å². The van der Waals surface area contributed by atoms with E-state index < -0.39 is 0 Å². The zero-order valence-electron chi connectivity index (χ0n) is 12.9. The van der Waals surface area contributed by atoms with Gasteiger partial charge in [-0.3, -0.25) is 4.99 Å². The fourth-order valence-electron chi connectivity index (χ4n) is 1.98. The minimum Gasteiger partial charge on any atom is -0.379 e. The smallest absolute Gasteiger partial charge is 0.191 e. The van der Waals surface area contributed by atoms with Crippen LogP contribution in [0, 0.1) is 12.8 Å². The molecule has 0 bridgehead atoms. The molecule has 1 aromatic rings. The second kappa shape index (κ2) is 10.00. The second-order valence-corrected chi connectivity index (χ2v) is 5.30. The molecule has 0 aromatic heterocycles. The number of benzene rings is 1. The lowest BCUT2D eigenvalue weighted by molar-refractivity contribution is 0.129. The molecule has 1 fully saturated rings. The van der Waals surface area contributed by atoms with Gasteiger partial charge >= 0.3 is 0 Å². The van der Waals surface area contributed by atoms with E-state index in [2.05, 4.69) is 46.8 Å². The molecule has 1 aliphatic rings. The Bertz CT molecular complexity index is 447. The number of guanidine groups is 1. The maximum absolute atomic E-state index is 5.59. The Morgan fingerprint density at radius 1 is 1.29 bits per heavy atom. The Hall–Kier alpha value is -0.820. The summed E-state index contributed by atoms with van der Waals surface area (Å²) < 4.78 is 5.59. The summed E-state index contributed by atoms with van der Waals surface area (Å²) in [6, 6.07) is 8.38.